The molecule has 3 nitrogen and oxygen atoms in total. The summed E-state index contributed by atoms with van der Waals surface area (Å²) in [5.41, 5.74) is 6.49. The van der Waals surface area contributed by atoms with E-state index >= 15 is 0 Å². The van der Waals surface area contributed by atoms with Crippen molar-refractivity contribution < 1.29 is 9.21 Å². The van der Waals surface area contributed by atoms with Gasteiger partial charge in [0.25, 0.3) is 0 Å². The topological polar surface area (TPSA) is 56.2 Å². The van der Waals surface area contributed by atoms with Crippen LogP contribution in [-0.4, -0.2) is 11.8 Å². The highest BCUT2D eigenvalue weighted by Crippen LogP contribution is 2.22. The van der Waals surface area contributed by atoms with Crippen LogP contribution in [0.2, 0.25) is 0 Å². The third-order valence-corrected chi connectivity index (χ3v) is 3.41. The number of carbonyl (C=O) groups excluding carboxylic acids is 1. The number of para-hydroxylation sites is 1. The van der Waals surface area contributed by atoms with Crippen molar-refractivity contribution in [1.29, 1.82) is 0 Å². The first-order chi connectivity index (χ1) is 9.08. The molecular formula is C16H21NO2. The second kappa shape index (κ2) is 6.02. The smallest absolute Gasteiger partial charge is 0.200 e. The Bertz CT molecular complexity index is 524. The highest BCUT2D eigenvalue weighted by atomic mass is 16.3. The third kappa shape index (κ3) is 3.44. The van der Waals surface area contributed by atoms with Crippen LogP contribution in [-0.2, 0) is 0 Å². The molecule has 0 aliphatic carbocycles. The zero-order chi connectivity index (χ0) is 13.8. The van der Waals surface area contributed by atoms with E-state index in [1.165, 1.54) is 0 Å². The van der Waals surface area contributed by atoms with Gasteiger partial charge in [0.1, 0.15) is 5.58 Å². The van der Waals surface area contributed by atoms with Crippen LogP contribution in [0.5, 0.6) is 0 Å². The van der Waals surface area contributed by atoms with E-state index in [0.29, 0.717) is 5.76 Å². The van der Waals surface area contributed by atoms with Crippen LogP contribution in [0.1, 0.15) is 43.7 Å². The number of rotatable bonds is 6. The fourth-order valence-electron chi connectivity index (χ4n) is 2.22. The number of fused-ring (bicyclic) bond motifs is 1. The summed E-state index contributed by atoms with van der Waals surface area (Å²) in [6.07, 6.45) is 2.79. The summed E-state index contributed by atoms with van der Waals surface area (Å²) in [6, 6.07) is 9.72. The molecule has 0 bridgehead atoms. The molecule has 2 atom stereocenters. The molecule has 0 aliphatic heterocycles. The molecule has 2 unspecified atom stereocenters. The molecule has 0 saturated heterocycles. The molecule has 2 aromatic rings. The molecule has 1 heterocycles. The van der Waals surface area contributed by atoms with E-state index in [2.05, 4.69) is 0 Å². The van der Waals surface area contributed by atoms with Crippen LogP contribution in [0.4, 0.5) is 0 Å². The van der Waals surface area contributed by atoms with Gasteiger partial charge in [-0.15, -0.1) is 0 Å². The second-order valence-corrected chi connectivity index (χ2v) is 5.32. The summed E-state index contributed by atoms with van der Waals surface area (Å²) in [5.74, 6) is 0.537. The largest absolute Gasteiger partial charge is 0.453 e. The van der Waals surface area contributed by atoms with Crippen LogP contribution in [0.15, 0.2) is 34.7 Å². The molecular weight excluding hydrogens is 238 g/mol. The van der Waals surface area contributed by atoms with E-state index in [4.69, 9.17) is 10.2 Å². The number of carbonyl (C=O) groups is 1. The number of furan rings is 1. The maximum atomic E-state index is 12.3. The van der Waals surface area contributed by atoms with Gasteiger partial charge in [-0.2, -0.15) is 0 Å². The molecule has 2 N–H and O–H groups in total. The average Bonchev–Trinajstić information content (AvgIpc) is 2.80. The Morgan fingerprint density at radius 2 is 2.00 bits per heavy atom. The van der Waals surface area contributed by atoms with Crippen molar-refractivity contribution in [3.8, 4) is 0 Å². The number of hydrogen-bond acceptors (Lipinski definition) is 3. The molecule has 0 saturated carbocycles. The second-order valence-electron chi connectivity index (χ2n) is 5.32. The monoisotopic (exact) mass is 259 g/mol. The van der Waals surface area contributed by atoms with E-state index in [9.17, 15) is 4.79 Å². The van der Waals surface area contributed by atoms with Crippen LogP contribution >= 0.6 is 0 Å². The molecule has 0 spiro atoms. The van der Waals surface area contributed by atoms with Gasteiger partial charge in [-0.3, -0.25) is 4.79 Å². The Morgan fingerprint density at radius 3 is 2.68 bits per heavy atom. The highest BCUT2D eigenvalue weighted by molar-refractivity contribution is 5.98. The first-order valence-electron chi connectivity index (χ1n) is 6.86. The van der Waals surface area contributed by atoms with Gasteiger partial charge < -0.3 is 10.2 Å². The van der Waals surface area contributed by atoms with Crippen molar-refractivity contribution in [2.75, 3.05) is 0 Å². The Balaban J connectivity index is 2.02. The van der Waals surface area contributed by atoms with Crippen molar-refractivity contribution in [2.45, 2.75) is 39.2 Å². The summed E-state index contributed by atoms with van der Waals surface area (Å²) in [5, 5.41) is 0.980. The van der Waals surface area contributed by atoms with Gasteiger partial charge in [0, 0.05) is 17.3 Å². The summed E-state index contributed by atoms with van der Waals surface area (Å²) in [6.45, 7) is 3.95. The summed E-state index contributed by atoms with van der Waals surface area (Å²) in [4.78, 5) is 12.3. The number of ketones is 1. The summed E-state index contributed by atoms with van der Waals surface area (Å²) in [7, 11) is 0. The summed E-state index contributed by atoms with van der Waals surface area (Å²) >= 11 is 0. The van der Waals surface area contributed by atoms with Gasteiger partial charge in [0.05, 0.1) is 0 Å². The van der Waals surface area contributed by atoms with Crippen molar-refractivity contribution in [3.63, 3.8) is 0 Å². The minimum Gasteiger partial charge on any atom is -0.453 e. The van der Waals surface area contributed by atoms with Gasteiger partial charge in [0.2, 0.25) is 5.78 Å². The number of Topliss-reactive ketones (excluding diaryl/α,β-unsaturated/α-hetero) is 1. The fourth-order valence-corrected chi connectivity index (χ4v) is 2.22. The van der Waals surface area contributed by atoms with Crippen molar-refractivity contribution in [2.24, 2.45) is 11.7 Å². The molecule has 0 radical (unpaired) electrons. The lowest BCUT2D eigenvalue weighted by molar-refractivity contribution is 0.0896. The molecule has 0 amide bonds. The predicted octanol–water partition coefficient (Wildman–Crippen LogP) is 3.77. The minimum absolute atomic E-state index is 0.0145. The number of nitrogens with two attached hydrogens (primary N) is 1. The third-order valence-electron chi connectivity index (χ3n) is 3.41. The Hall–Kier alpha value is -1.61. The highest BCUT2D eigenvalue weighted by Gasteiger charge is 2.19. The van der Waals surface area contributed by atoms with Gasteiger partial charge in [0.15, 0.2) is 5.76 Å². The van der Waals surface area contributed by atoms with E-state index in [1.54, 1.807) is 0 Å². The van der Waals surface area contributed by atoms with Crippen molar-refractivity contribution in [1.82, 2.24) is 0 Å². The van der Waals surface area contributed by atoms with Gasteiger partial charge in [-0.1, -0.05) is 31.5 Å². The lowest BCUT2D eigenvalue weighted by Gasteiger charge is -2.09. The number of hydrogen-bond donors (Lipinski definition) is 1. The predicted molar refractivity (Wildman–Crippen MR) is 77.2 cm³/mol. The lowest BCUT2D eigenvalue weighted by atomic mass is 9.96. The number of benzene rings is 1. The molecule has 0 fully saturated rings. The molecule has 0 aliphatic rings. The van der Waals surface area contributed by atoms with Crippen molar-refractivity contribution in [3.05, 3.63) is 36.1 Å². The van der Waals surface area contributed by atoms with Crippen LogP contribution in [0, 0.1) is 5.92 Å². The first-order valence-corrected chi connectivity index (χ1v) is 6.86. The zero-order valence-electron chi connectivity index (χ0n) is 11.6. The lowest BCUT2D eigenvalue weighted by Crippen LogP contribution is -2.16. The van der Waals surface area contributed by atoms with Crippen LogP contribution in [0.25, 0.3) is 11.0 Å². The molecule has 3 heteroatoms. The Morgan fingerprint density at radius 1 is 1.26 bits per heavy atom. The van der Waals surface area contributed by atoms with E-state index in [0.717, 1.165) is 30.2 Å². The SMILES string of the molecule is CC(N)CCCC(C)C(=O)c1cc2ccccc2o1. The average molecular weight is 259 g/mol. The first kappa shape index (κ1) is 13.8. The molecule has 102 valence electrons. The normalized spacial score (nSPS) is 14.5. The standard InChI is InChI=1S/C16H21NO2/c1-11(6-5-7-12(2)17)16(18)15-10-13-8-3-4-9-14(13)19-15/h3-4,8-12H,5-7,17H2,1-2H3. The fraction of sp³-hybridized carbons (Fsp3) is 0.438. The molecule has 1 aromatic carbocycles. The van der Waals surface area contributed by atoms with Gasteiger partial charge in [-0.25, -0.2) is 0 Å². The quantitative estimate of drug-likeness (QED) is 0.803. The molecule has 19 heavy (non-hydrogen) atoms. The zero-order valence-corrected chi connectivity index (χ0v) is 11.6. The van der Waals surface area contributed by atoms with Crippen LogP contribution < -0.4 is 5.73 Å². The van der Waals surface area contributed by atoms with E-state index in [-0.39, 0.29) is 17.7 Å². The van der Waals surface area contributed by atoms with E-state index in [1.807, 2.05) is 44.2 Å². The van der Waals surface area contributed by atoms with Crippen LogP contribution in [0.3, 0.4) is 0 Å². The maximum Gasteiger partial charge on any atom is 0.200 e. The molecule has 2 rings (SSSR count). The maximum absolute atomic E-state index is 12.3. The minimum atomic E-state index is -0.0145. The van der Waals surface area contributed by atoms with Gasteiger partial charge in [-0.05, 0) is 31.9 Å². The Kier molecular flexibility index (Phi) is 4.38. The van der Waals surface area contributed by atoms with E-state index < -0.39 is 0 Å². The van der Waals surface area contributed by atoms with Crippen molar-refractivity contribution >= 4 is 16.8 Å². The van der Waals surface area contributed by atoms with Gasteiger partial charge >= 0.3 is 0 Å². The Labute approximate surface area is 113 Å². The summed E-state index contributed by atoms with van der Waals surface area (Å²) < 4.78 is 5.60. The molecule has 1 aromatic heterocycles.